The second-order valence-electron chi connectivity index (χ2n) is 9.04. The van der Waals surface area contributed by atoms with Gasteiger partial charge in [0.15, 0.2) is 0 Å². The minimum atomic E-state index is -1.48. The Labute approximate surface area is 186 Å². The molecule has 1 heterocycles. The number of esters is 1. The van der Waals surface area contributed by atoms with Crippen molar-refractivity contribution in [1.29, 1.82) is 0 Å². The van der Waals surface area contributed by atoms with Gasteiger partial charge < -0.3 is 14.0 Å². The summed E-state index contributed by atoms with van der Waals surface area (Å²) in [7, 11) is 0.194. The van der Waals surface area contributed by atoms with Gasteiger partial charge in [-0.1, -0.05) is 62.1 Å². The van der Waals surface area contributed by atoms with Gasteiger partial charge in [-0.2, -0.15) is 0 Å². The number of nitrogens with zero attached hydrogens (tertiary/aromatic N) is 1. The molecule has 0 bridgehead atoms. The first-order valence-electron chi connectivity index (χ1n) is 10.8. The van der Waals surface area contributed by atoms with Crippen molar-refractivity contribution in [3.8, 4) is 16.9 Å². The molecule has 0 atom stereocenters. The standard InChI is InChI=1S/C26H33NO3Si/c1-7-30-26(28)24-19(2)27(17-20-13-15-22(29-3)16-14-20)23(18-31(4,5)6)25(24)21-11-9-8-10-12-21/h8-16H,7,17-18H2,1-6H3. The summed E-state index contributed by atoms with van der Waals surface area (Å²) in [5.74, 6) is 0.594. The van der Waals surface area contributed by atoms with Crippen molar-refractivity contribution in [3.63, 3.8) is 0 Å². The van der Waals surface area contributed by atoms with Gasteiger partial charge in [0.2, 0.25) is 0 Å². The first-order valence-corrected chi connectivity index (χ1v) is 14.5. The molecule has 2 aromatic carbocycles. The lowest BCUT2D eigenvalue weighted by molar-refractivity contribution is 0.0526. The summed E-state index contributed by atoms with van der Waals surface area (Å²) in [6.07, 6.45) is 0. The van der Waals surface area contributed by atoms with Crippen LogP contribution in [0.3, 0.4) is 0 Å². The monoisotopic (exact) mass is 435 g/mol. The molecule has 0 spiro atoms. The highest BCUT2D eigenvalue weighted by Gasteiger charge is 2.29. The summed E-state index contributed by atoms with van der Waals surface area (Å²) in [5, 5.41) is 0. The van der Waals surface area contributed by atoms with Crippen molar-refractivity contribution in [2.45, 2.75) is 46.1 Å². The van der Waals surface area contributed by atoms with Crippen LogP contribution in [0.4, 0.5) is 0 Å². The van der Waals surface area contributed by atoms with Gasteiger partial charge in [0, 0.05) is 23.5 Å². The van der Waals surface area contributed by atoms with E-state index in [1.807, 2.05) is 44.2 Å². The molecule has 0 aliphatic rings. The molecule has 4 nitrogen and oxygen atoms in total. The Bertz CT molecular complexity index is 1030. The molecule has 0 fully saturated rings. The summed E-state index contributed by atoms with van der Waals surface area (Å²) in [5.41, 5.74) is 6.13. The predicted molar refractivity (Wildman–Crippen MR) is 130 cm³/mol. The van der Waals surface area contributed by atoms with Gasteiger partial charge in [0.25, 0.3) is 0 Å². The summed E-state index contributed by atoms with van der Waals surface area (Å²) in [4.78, 5) is 13.1. The molecular weight excluding hydrogens is 402 g/mol. The summed E-state index contributed by atoms with van der Waals surface area (Å²) >= 11 is 0. The van der Waals surface area contributed by atoms with E-state index in [9.17, 15) is 4.79 Å². The maximum Gasteiger partial charge on any atom is 0.340 e. The third-order valence-corrected chi connectivity index (χ3v) is 6.77. The molecular formula is C26H33NO3Si. The fourth-order valence-corrected chi connectivity index (χ4v) is 5.35. The maximum absolute atomic E-state index is 13.1. The lowest BCUT2D eigenvalue weighted by Crippen LogP contribution is -2.26. The highest BCUT2D eigenvalue weighted by Crippen LogP contribution is 2.36. The van der Waals surface area contributed by atoms with Gasteiger partial charge in [-0.3, -0.25) is 0 Å². The van der Waals surface area contributed by atoms with Gasteiger partial charge in [0.05, 0.1) is 27.4 Å². The van der Waals surface area contributed by atoms with Gasteiger partial charge in [-0.05, 0) is 43.2 Å². The Kier molecular flexibility index (Phi) is 7.06. The normalized spacial score (nSPS) is 11.4. The number of rotatable bonds is 8. The summed E-state index contributed by atoms with van der Waals surface area (Å²) < 4.78 is 13.1. The molecule has 3 rings (SSSR count). The molecule has 0 saturated heterocycles. The summed E-state index contributed by atoms with van der Waals surface area (Å²) in [6, 6.07) is 19.4. The number of carbonyl (C=O) groups excluding carboxylic acids is 1. The lowest BCUT2D eigenvalue weighted by atomic mass is 10.0. The Morgan fingerprint density at radius 3 is 2.19 bits per heavy atom. The van der Waals surface area contributed by atoms with E-state index < -0.39 is 8.07 Å². The molecule has 0 aliphatic carbocycles. The van der Waals surface area contributed by atoms with E-state index in [0.717, 1.165) is 28.6 Å². The first kappa shape index (κ1) is 22.9. The molecule has 0 amide bonds. The summed E-state index contributed by atoms with van der Waals surface area (Å²) in [6.45, 7) is 12.1. The van der Waals surface area contributed by atoms with E-state index >= 15 is 0 Å². The lowest BCUT2D eigenvalue weighted by Gasteiger charge is -2.21. The second-order valence-corrected chi connectivity index (χ2v) is 14.5. The van der Waals surface area contributed by atoms with E-state index in [1.165, 1.54) is 11.3 Å². The molecule has 3 aromatic rings. The van der Waals surface area contributed by atoms with Gasteiger partial charge in [-0.15, -0.1) is 0 Å². The SMILES string of the molecule is CCOC(=O)c1c(-c2ccccc2)c(C[Si](C)(C)C)n(Cc2ccc(OC)cc2)c1C. The van der Waals surface area contributed by atoms with Crippen LogP contribution in [-0.2, 0) is 17.3 Å². The van der Waals surface area contributed by atoms with Crippen LogP contribution in [0.5, 0.6) is 5.75 Å². The predicted octanol–water partition coefficient (Wildman–Crippen LogP) is 6.12. The largest absolute Gasteiger partial charge is 0.497 e. The Balaban J connectivity index is 2.23. The molecule has 0 aliphatic heterocycles. The molecule has 1 aromatic heterocycles. The van der Waals surface area contributed by atoms with Crippen LogP contribution in [0.2, 0.25) is 19.6 Å². The van der Waals surface area contributed by atoms with Crippen LogP contribution < -0.4 is 4.74 Å². The molecule has 5 heteroatoms. The Morgan fingerprint density at radius 1 is 1.00 bits per heavy atom. The number of hydrogen-bond donors (Lipinski definition) is 0. The Morgan fingerprint density at radius 2 is 1.65 bits per heavy atom. The van der Waals surface area contributed by atoms with E-state index in [1.54, 1.807) is 7.11 Å². The van der Waals surface area contributed by atoms with Crippen molar-refractivity contribution < 1.29 is 14.3 Å². The highest BCUT2D eigenvalue weighted by atomic mass is 28.3. The van der Waals surface area contributed by atoms with Crippen LogP contribution in [0.25, 0.3) is 11.1 Å². The van der Waals surface area contributed by atoms with Crippen LogP contribution in [0, 0.1) is 6.92 Å². The zero-order valence-corrected chi connectivity index (χ0v) is 20.5. The number of aromatic nitrogens is 1. The van der Waals surface area contributed by atoms with Crippen molar-refractivity contribution in [1.82, 2.24) is 4.57 Å². The quantitative estimate of drug-likeness (QED) is 0.316. The number of ether oxygens (including phenoxy) is 2. The third kappa shape index (κ3) is 5.28. The number of hydrogen-bond acceptors (Lipinski definition) is 3. The zero-order chi connectivity index (χ0) is 22.6. The molecule has 0 radical (unpaired) electrons. The molecule has 0 unspecified atom stereocenters. The molecule has 0 saturated carbocycles. The van der Waals surface area contributed by atoms with Crippen LogP contribution >= 0.6 is 0 Å². The van der Waals surface area contributed by atoms with Crippen molar-refractivity contribution >= 4 is 14.0 Å². The molecule has 0 N–H and O–H groups in total. The fourth-order valence-electron chi connectivity index (χ4n) is 3.98. The van der Waals surface area contributed by atoms with E-state index in [2.05, 4.69) is 48.5 Å². The van der Waals surface area contributed by atoms with Crippen LogP contribution in [-0.4, -0.2) is 32.3 Å². The van der Waals surface area contributed by atoms with Gasteiger partial charge >= 0.3 is 5.97 Å². The molecule has 31 heavy (non-hydrogen) atoms. The van der Waals surface area contributed by atoms with Crippen LogP contribution in [0.15, 0.2) is 54.6 Å². The van der Waals surface area contributed by atoms with Gasteiger partial charge in [0.1, 0.15) is 5.75 Å². The van der Waals surface area contributed by atoms with E-state index in [4.69, 9.17) is 9.47 Å². The maximum atomic E-state index is 13.1. The average molecular weight is 436 g/mol. The number of benzene rings is 2. The number of carbonyl (C=O) groups is 1. The van der Waals surface area contributed by atoms with Crippen molar-refractivity contribution in [2.75, 3.05) is 13.7 Å². The average Bonchev–Trinajstić information content (AvgIpc) is 2.99. The number of methoxy groups -OCH3 is 1. The minimum absolute atomic E-state index is 0.246. The van der Waals surface area contributed by atoms with Gasteiger partial charge in [-0.25, -0.2) is 4.79 Å². The smallest absolute Gasteiger partial charge is 0.340 e. The van der Waals surface area contributed by atoms with Crippen molar-refractivity contribution in [2.24, 2.45) is 0 Å². The minimum Gasteiger partial charge on any atom is -0.497 e. The van der Waals surface area contributed by atoms with Crippen LogP contribution in [0.1, 0.15) is 34.2 Å². The third-order valence-electron chi connectivity index (χ3n) is 5.37. The molecule has 164 valence electrons. The van der Waals surface area contributed by atoms with E-state index in [0.29, 0.717) is 18.7 Å². The zero-order valence-electron chi connectivity index (χ0n) is 19.5. The topological polar surface area (TPSA) is 40.5 Å². The first-order chi connectivity index (χ1) is 14.7. The Hall–Kier alpha value is -2.79. The van der Waals surface area contributed by atoms with E-state index in [-0.39, 0.29) is 5.97 Å². The second kappa shape index (κ2) is 9.56. The fraction of sp³-hybridized carbons (Fsp3) is 0.346. The van der Waals surface area contributed by atoms with Crippen molar-refractivity contribution in [3.05, 3.63) is 77.1 Å². The highest BCUT2D eigenvalue weighted by molar-refractivity contribution is 6.75.